The Bertz CT molecular complexity index is 1210. The van der Waals surface area contributed by atoms with Gasteiger partial charge in [0.1, 0.15) is 5.39 Å². The molecule has 0 aliphatic carbocycles. The summed E-state index contributed by atoms with van der Waals surface area (Å²) >= 11 is 12.5. The van der Waals surface area contributed by atoms with Crippen LogP contribution >= 0.6 is 23.2 Å². The molecule has 3 aromatic heterocycles. The van der Waals surface area contributed by atoms with Crippen molar-refractivity contribution in [1.29, 1.82) is 0 Å². The molecule has 126 valence electrons. The molecule has 0 aliphatic heterocycles. The van der Waals surface area contributed by atoms with Crippen molar-refractivity contribution >= 4 is 50.8 Å². The lowest BCUT2D eigenvalue weighted by atomic mass is 10.3. The molecule has 25 heavy (non-hydrogen) atoms. The molecule has 0 radical (unpaired) electrons. The second-order valence-electron chi connectivity index (χ2n) is 5.15. The Hall–Kier alpha value is -2.29. The SMILES string of the molecule is CS(=O)c1ncc2c(=O)n(-c3c(Cl)cccc3Cl)c3nccn3c2n1. The maximum Gasteiger partial charge on any atom is 0.270 e. The Morgan fingerprint density at radius 2 is 1.88 bits per heavy atom. The van der Waals surface area contributed by atoms with Gasteiger partial charge in [0.15, 0.2) is 5.65 Å². The van der Waals surface area contributed by atoms with Crippen LogP contribution in [0.2, 0.25) is 10.0 Å². The summed E-state index contributed by atoms with van der Waals surface area (Å²) in [4.78, 5) is 25.6. The van der Waals surface area contributed by atoms with Gasteiger partial charge in [0, 0.05) is 24.8 Å². The van der Waals surface area contributed by atoms with Crippen LogP contribution < -0.4 is 5.56 Å². The number of halogens is 2. The van der Waals surface area contributed by atoms with Crippen LogP contribution in [0.5, 0.6) is 0 Å². The monoisotopic (exact) mass is 393 g/mol. The highest BCUT2D eigenvalue weighted by Crippen LogP contribution is 2.29. The number of imidazole rings is 1. The fraction of sp³-hybridized carbons (Fsp3) is 0.0667. The Balaban J connectivity index is 2.22. The molecular formula is C15H9Cl2N5O2S. The second kappa shape index (κ2) is 5.91. The predicted molar refractivity (Wildman–Crippen MR) is 96.2 cm³/mol. The zero-order valence-electron chi connectivity index (χ0n) is 12.7. The number of benzene rings is 1. The number of hydrogen-bond donors (Lipinski definition) is 0. The first-order chi connectivity index (χ1) is 12.0. The molecular weight excluding hydrogens is 385 g/mol. The van der Waals surface area contributed by atoms with Crippen molar-refractivity contribution in [2.45, 2.75) is 5.16 Å². The summed E-state index contributed by atoms with van der Waals surface area (Å²) in [7, 11) is -1.38. The van der Waals surface area contributed by atoms with Crippen molar-refractivity contribution in [2.24, 2.45) is 0 Å². The molecule has 0 saturated carbocycles. The number of nitrogens with zero attached hydrogens (tertiary/aromatic N) is 5. The third kappa shape index (κ3) is 2.45. The van der Waals surface area contributed by atoms with Gasteiger partial charge in [-0.05, 0) is 12.1 Å². The lowest BCUT2D eigenvalue weighted by Crippen LogP contribution is -2.23. The summed E-state index contributed by atoms with van der Waals surface area (Å²) in [5.74, 6) is 0.291. The highest BCUT2D eigenvalue weighted by molar-refractivity contribution is 7.84. The van der Waals surface area contributed by atoms with Gasteiger partial charge in [0.25, 0.3) is 5.56 Å². The number of rotatable bonds is 2. The first-order valence-corrected chi connectivity index (χ1v) is 9.33. The van der Waals surface area contributed by atoms with E-state index in [0.29, 0.717) is 27.2 Å². The molecule has 0 amide bonds. The minimum Gasteiger partial charge on any atom is -0.268 e. The van der Waals surface area contributed by atoms with Gasteiger partial charge in [-0.15, -0.1) is 0 Å². The van der Waals surface area contributed by atoms with Gasteiger partial charge in [0.2, 0.25) is 10.9 Å². The summed E-state index contributed by atoms with van der Waals surface area (Å²) in [5.41, 5.74) is 0.228. The van der Waals surface area contributed by atoms with Gasteiger partial charge in [-0.3, -0.25) is 13.4 Å². The van der Waals surface area contributed by atoms with Gasteiger partial charge in [0.05, 0.1) is 26.5 Å². The first kappa shape index (κ1) is 16.2. The minimum atomic E-state index is -1.38. The van der Waals surface area contributed by atoms with Crippen molar-refractivity contribution in [3.63, 3.8) is 0 Å². The fourth-order valence-electron chi connectivity index (χ4n) is 2.57. The molecule has 0 bridgehead atoms. The van der Waals surface area contributed by atoms with E-state index in [1.807, 2.05) is 0 Å². The van der Waals surface area contributed by atoms with E-state index in [2.05, 4.69) is 15.0 Å². The smallest absolute Gasteiger partial charge is 0.268 e. The molecule has 0 spiro atoms. The number of para-hydroxylation sites is 1. The Morgan fingerprint density at radius 3 is 2.56 bits per heavy atom. The Labute approximate surface area is 153 Å². The van der Waals surface area contributed by atoms with Gasteiger partial charge in [-0.2, -0.15) is 0 Å². The third-order valence-electron chi connectivity index (χ3n) is 3.65. The molecule has 1 atom stereocenters. The fourth-order valence-corrected chi connectivity index (χ4v) is 3.55. The van der Waals surface area contributed by atoms with Crippen molar-refractivity contribution < 1.29 is 4.21 Å². The highest BCUT2D eigenvalue weighted by atomic mass is 35.5. The molecule has 0 N–H and O–H groups in total. The quantitative estimate of drug-likeness (QED) is 0.488. The maximum atomic E-state index is 13.1. The van der Waals surface area contributed by atoms with Crippen LogP contribution in [0.1, 0.15) is 0 Å². The normalized spacial score (nSPS) is 12.8. The van der Waals surface area contributed by atoms with E-state index >= 15 is 0 Å². The molecule has 1 unspecified atom stereocenters. The molecule has 10 heteroatoms. The molecule has 3 heterocycles. The number of hydrogen-bond acceptors (Lipinski definition) is 5. The lowest BCUT2D eigenvalue weighted by Gasteiger charge is -2.13. The lowest BCUT2D eigenvalue weighted by molar-refractivity contribution is 0.680. The standard InChI is InChI=1S/C15H9Cl2N5O2S/c1-25(24)14-19-7-8-12(20-14)21-6-5-18-15(21)22(13(8)23)11-9(16)3-2-4-10(11)17/h2-7H,1H3. The minimum absolute atomic E-state index is 0.135. The van der Waals surface area contributed by atoms with Crippen LogP contribution in [0.4, 0.5) is 0 Å². The predicted octanol–water partition coefficient (Wildman–Crippen LogP) is 2.47. The van der Waals surface area contributed by atoms with E-state index in [0.717, 1.165) is 0 Å². The van der Waals surface area contributed by atoms with Crippen LogP contribution in [0.15, 0.2) is 46.7 Å². The van der Waals surface area contributed by atoms with E-state index in [-0.39, 0.29) is 10.5 Å². The largest absolute Gasteiger partial charge is 0.270 e. The van der Waals surface area contributed by atoms with Crippen LogP contribution in [0.3, 0.4) is 0 Å². The van der Waals surface area contributed by atoms with E-state index in [1.54, 1.807) is 28.8 Å². The van der Waals surface area contributed by atoms with Gasteiger partial charge in [-0.1, -0.05) is 29.3 Å². The third-order valence-corrected chi connectivity index (χ3v) is 4.97. The summed E-state index contributed by atoms with van der Waals surface area (Å²) in [6.45, 7) is 0. The molecule has 0 fully saturated rings. The molecule has 4 aromatic rings. The van der Waals surface area contributed by atoms with E-state index < -0.39 is 16.4 Å². The van der Waals surface area contributed by atoms with Crippen LogP contribution in [0, 0.1) is 0 Å². The zero-order valence-corrected chi connectivity index (χ0v) is 15.0. The van der Waals surface area contributed by atoms with Gasteiger partial charge >= 0.3 is 0 Å². The topological polar surface area (TPSA) is 82.1 Å². The molecule has 1 aromatic carbocycles. The summed E-state index contributed by atoms with van der Waals surface area (Å²) in [6, 6.07) is 4.96. The van der Waals surface area contributed by atoms with E-state index in [1.165, 1.54) is 23.2 Å². The Morgan fingerprint density at radius 1 is 1.16 bits per heavy atom. The second-order valence-corrected chi connectivity index (χ2v) is 7.24. The van der Waals surface area contributed by atoms with Gasteiger partial charge in [-0.25, -0.2) is 19.5 Å². The van der Waals surface area contributed by atoms with Crippen LogP contribution in [-0.2, 0) is 10.8 Å². The highest BCUT2D eigenvalue weighted by Gasteiger charge is 2.19. The summed E-state index contributed by atoms with van der Waals surface area (Å²) in [6.07, 6.45) is 5.99. The van der Waals surface area contributed by atoms with E-state index in [4.69, 9.17) is 23.2 Å². The van der Waals surface area contributed by atoms with Crippen LogP contribution in [-0.4, -0.2) is 34.4 Å². The average Bonchev–Trinajstić information content (AvgIpc) is 3.06. The molecule has 0 saturated heterocycles. The first-order valence-electron chi connectivity index (χ1n) is 7.01. The van der Waals surface area contributed by atoms with Gasteiger partial charge < -0.3 is 0 Å². The number of fused-ring (bicyclic) bond motifs is 3. The molecule has 0 aliphatic rings. The summed E-state index contributed by atoms with van der Waals surface area (Å²) in [5, 5.41) is 0.989. The summed E-state index contributed by atoms with van der Waals surface area (Å²) < 4.78 is 14.6. The Kier molecular flexibility index (Phi) is 3.82. The van der Waals surface area contributed by atoms with Crippen molar-refractivity contribution in [2.75, 3.05) is 6.26 Å². The average molecular weight is 394 g/mol. The van der Waals surface area contributed by atoms with Crippen LogP contribution in [0.25, 0.3) is 22.5 Å². The number of aromatic nitrogens is 5. The van der Waals surface area contributed by atoms with Crippen molar-refractivity contribution in [1.82, 2.24) is 23.9 Å². The molecule has 4 rings (SSSR count). The zero-order chi connectivity index (χ0) is 17.7. The van der Waals surface area contributed by atoms with E-state index in [9.17, 15) is 9.00 Å². The van der Waals surface area contributed by atoms with Crippen molar-refractivity contribution in [3.05, 3.63) is 57.2 Å². The molecule has 7 nitrogen and oxygen atoms in total. The maximum absolute atomic E-state index is 13.1. The van der Waals surface area contributed by atoms with Crippen molar-refractivity contribution in [3.8, 4) is 5.69 Å².